The number of benzene rings is 2. The molecule has 0 N–H and O–H groups in total. The second-order valence-electron chi connectivity index (χ2n) is 7.77. The summed E-state index contributed by atoms with van der Waals surface area (Å²) in [7, 11) is -2.21. The molecule has 0 saturated carbocycles. The van der Waals surface area contributed by atoms with E-state index in [0.717, 1.165) is 31.4 Å². The molecule has 0 radical (unpaired) electrons. The molecular weight excluding hydrogens is 405 g/mol. The summed E-state index contributed by atoms with van der Waals surface area (Å²) in [4.78, 5) is 16.6. The zero-order chi connectivity index (χ0) is 21.5. The van der Waals surface area contributed by atoms with Crippen molar-refractivity contribution in [1.82, 2.24) is 4.90 Å². The lowest BCUT2D eigenvalue weighted by atomic mass is 10.1. The predicted molar refractivity (Wildman–Crippen MR) is 114 cm³/mol. The number of nitrogens with zero attached hydrogens (tertiary/aromatic N) is 3. The van der Waals surface area contributed by atoms with Crippen LogP contribution in [0.5, 0.6) is 0 Å². The van der Waals surface area contributed by atoms with Crippen molar-refractivity contribution >= 4 is 27.5 Å². The summed E-state index contributed by atoms with van der Waals surface area (Å²) in [5.41, 5.74) is 1.66. The summed E-state index contributed by atoms with van der Waals surface area (Å²) in [6.45, 7) is 2.56. The molecule has 1 atom stereocenters. The van der Waals surface area contributed by atoms with Gasteiger partial charge in [0.05, 0.1) is 11.7 Å². The van der Waals surface area contributed by atoms with E-state index in [2.05, 4.69) is 4.40 Å². The molecule has 4 rings (SSSR count). The van der Waals surface area contributed by atoms with Gasteiger partial charge in [-0.05, 0) is 55.7 Å². The standard InChI is InChI=1S/C22H24FN3O3S/c1-15(16-7-10-18(23)11-8-16)25(2)22(27)17-9-12-19-20(14-17)30(28,29)24-21-6-4-3-5-13-26(19)21/h7-12,14-15H,3-6,13H2,1-2H3/t15-/m0/s1. The Bertz CT molecular complexity index is 1110. The molecule has 0 spiro atoms. The van der Waals surface area contributed by atoms with Gasteiger partial charge in [0.2, 0.25) is 0 Å². The number of anilines is 1. The van der Waals surface area contributed by atoms with Crippen molar-refractivity contribution in [2.45, 2.75) is 43.5 Å². The maximum atomic E-state index is 13.2. The third-order valence-corrected chi connectivity index (χ3v) is 7.18. The molecule has 158 valence electrons. The van der Waals surface area contributed by atoms with Crippen LogP contribution in [0.25, 0.3) is 0 Å². The summed E-state index contributed by atoms with van der Waals surface area (Å²) in [5, 5.41) is 0. The number of amidine groups is 1. The minimum absolute atomic E-state index is 0.0711. The van der Waals surface area contributed by atoms with E-state index in [0.29, 0.717) is 17.9 Å². The number of hydrogen-bond donors (Lipinski definition) is 0. The summed E-state index contributed by atoms with van der Waals surface area (Å²) in [5.74, 6) is -0.0649. The van der Waals surface area contributed by atoms with Gasteiger partial charge in [0.25, 0.3) is 15.9 Å². The lowest BCUT2D eigenvalue weighted by Crippen LogP contribution is -2.35. The smallest absolute Gasteiger partial charge is 0.286 e. The predicted octanol–water partition coefficient (Wildman–Crippen LogP) is 4.14. The number of halogens is 1. The first-order valence-corrected chi connectivity index (χ1v) is 11.5. The molecule has 1 saturated heterocycles. The Balaban J connectivity index is 1.66. The molecule has 1 fully saturated rings. The molecule has 30 heavy (non-hydrogen) atoms. The van der Waals surface area contributed by atoms with Crippen molar-refractivity contribution in [3.05, 3.63) is 59.4 Å². The summed E-state index contributed by atoms with van der Waals surface area (Å²) >= 11 is 0. The van der Waals surface area contributed by atoms with Crippen molar-refractivity contribution in [3.63, 3.8) is 0 Å². The Morgan fingerprint density at radius 2 is 1.87 bits per heavy atom. The van der Waals surface area contributed by atoms with Crippen LogP contribution in [0.2, 0.25) is 0 Å². The molecule has 2 heterocycles. The number of fused-ring (bicyclic) bond motifs is 3. The maximum Gasteiger partial charge on any atom is 0.286 e. The highest BCUT2D eigenvalue weighted by molar-refractivity contribution is 7.90. The molecule has 0 aromatic heterocycles. The fourth-order valence-electron chi connectivity index (χ4n) is 3.96. The minimum atomic E-state index is -3.85. The highest BCUT2D eigenvalue weighted by atomic mass is 32.2. The molecule has 2 aromatic carbocycles. The molecule has 2 aliphatic rings. The molecule has 0 bridgehead atoms. The van der Waals surface area contributed by atoms with E-state index in [9.17, 15) is 17.6 Å². The van der Waals surface area contributed by atoms with Crippen LogP contribution in [0.1, 0.15) is 54.6 Å². The third kappa shape index (κ3) is 3.71. The normalized spacial score (nSPS) is 18.5. The average molecular weight is 430 g/mol. The van der Waals surface area contributed by atoms with Crippen LogP contribution in [0.4, 0.5) is 10.1 Å². The second-order valence-corrected chi connectivity index (χ2v) is 9.34. The van der Waals surface area contributed by atoms with Gasteiger partial charge in [0.15, 0.2) is 0 Å². The molecule has 8 heteroatoms. The summed E-state index contributed by atoms with van der Waals surface area (Å²) in [6.07, 6.45) is 3.56. The van der Waals surface area contributed by atoms with Crippen LogP contribution in [0, 0.1) is 5.82 Å². The van der Waals surface area contributed by atoms with Gasteiger partial charge in [-0.15, -0.1) is 4.40 Å². The maximum absolute atomic E-state index is 13.2. The van der Waals surface area contributed by atoms with Crippen molar-refractivity contribution < 1.29 is 17.6 Å². The molecule has 0 aliphatic carbocycles. The number of amides is 1. The average Bonchev–Trinajstić information content (AvgIpc) is 2.97. The molecule has 6 nitrogen and oxygen atoms in total. The molecule has 2 aromatic rings. The largest absolute Gasteiger partial charge is 0.335 e. The summed E-state index contributed by atoms with van der Waals surface area (Å²) < 4.78 is 42.8. The van der Waals surface area contributed by atoms with Gasteiger partial charge in [0, 0.05) is 25.6 Å². The van der Waals surface area contributed by atoms with Crippen molar-refractivity contribution in [1.29, 1.82) is 0 Å². The number of carbonyl (C=O) groups is 1. The first-order chi connectivity index (χ1) is 14.3. The second kappa shape index (κ2) is 7.83. The van der Waals surface area contributed by atoms with Crippen LogP contribution >= 0.6 is 0 Å². The van der Waals surface area contributed by atoms with Crippen LogP contribution in [-0.2, 0) is 10.0 Å². The van der Waals surface area contributed by atoms with Gasteiger partial charge in [-0.25, -0.2) is 4.39 Å². The number of sulfonamides is 1. The summed E-state index contributed by atoms with van der Waals surface area (Å²) in [6, 6.07) is 10.5. The van der Waals surface area contributed by atoms with Gasteiger partial charge in [-0.3, -0.25) is 4.79 Å². The van der Waals surface area contributed by atoms with Crippen molar-refractivity contribution in [2.24, 2.45) is 4.40 Å². The number of hydrogen-bond acceptors (Lipinski definition) is 4. The van der Waals surface area contributed by atoms with E-state index in [-0.39, 0.29) is 28.2 Å². The Hall–Kier alpha value is -2.74. The minimum Gasteiger partial charge on any atom is -0.335 e. The van der Waals surface area contributed by atoms with E-state index < -0.39 is 10.0 Å². The monoisotopic (exact) mass is 429 g/mol. The van der Waals surface area contributed by atoms with Gasteiger partial charge < -0.3 is 9.80 Å². The van der Waals surface area contributed by atoms with Crippen molar-refractivity contribution in [2.75, 3.05) is 18.5 Å². The number of rotatable bonds is 3. The van der Waals surface area contributed by atoms with E-state index in [4.69, 9.17) is 0 Å². The van der Waals surface area contributed by atoms with Gasteiger partial charge >= 0.3 is 0 Å². The van der Waals surface area contributed by atoms with E-state index >= 15 is 0 Å². The molecule has 2 aliphatic heterocycles. The van der Waals surface area contributed by atoms with E-state index in [1.54, 1.807) is 31.3 Å². The van der Waals surface area contributed by atoms with Gasteiger partial charge in [-0.2, -0.15) is 8.42 Å². The lowest BCUT2D eigenvalue weighted by molar-refractivity contribution is 0.0742. The Morgan fingerprint density at radius 1 is 1.13 bits per heavy atom. The zero-order valence-electron chi connectivity index (χ0n) is 17.0. The third-order valence-electron chi connectivity index (χ3n) is 5.85. The fourth-order valence-corrected chi connectivity index (χ4v) is 5.24. The highest BCUT2D eigenvalue weighted by Gasteiger charge is 2.32. The molecule has 0 unspecified atom stereocenters. The SMILES string of the molecule is C[C@@H](c1ccc(F)cc1)N(C)C(=O)c1ccc2c(c1)S(=O)(=O)N=C1CCCCCN12. The molecular formula is C22H24FN3O3S. The van der Waals surface area contributed by atoms with Crippen LogP contribution in [0.3, 0.4) is 0 Å². The Labute approximate surface area is 176 Å². The highest BCUT2D eigenvalue weighted by Crippen LogP contribution is 2.35. The van der Waals surface area contributed by atoms with Gasteiger partial charge in [0.1, 0.15) is 16.5 Å². The quantitative estimate of drug-likeness (QED) is 0.735. The van der Waals surface area contributed by atoms with E-state index in [1.807, 2.05) is 11.8 Å². The first kappa shape index (κ1) is 20.5. The first-order valence-electron chi connectivity index (χ1n) is 10.1. The van der Waals surface area contributed by atoms with Crippen molar-refractivity contribution in [3.8, 4) is 0 Å². The lowest BCUT2D eigenvalue weighted by Gasteiger charge is -2.30. The van der Waals surface area contributed by atoms with Crippen LogP contribution in [0.15, 0.2) is 51.8 Å². The van der Waals surface area contributed by atoms with Gasteiger partial charge in [-0.1, -0.05) is 18.6 Å². The van der Waals surface area contributed by atoms with Crippen LogP contribution < -0.4 is 4.90 Å². The Morgan fingerprint density at radius 3 is 2.60 bits per heavy atom. The van der Waals surface area contributed by atoms with Crippen LogP contribution in [-0.4, -0.2) is 38.7 Å². The number of carbonyl (C=O) groups excluding carboxylic acids is 1. The molecule has 1 amide bonds. The Kier molecular flexibility index (Phi) is 5.36. The topological polar surface area (TPSA) is 70.0 Å². The zero-order valence-corrected chi connectivity index (χ0v) is 17.8. The fraction of sp³-hybridized carbons (Fsp3) is 0.364. The van der Waals surface area contributed by atoms with E-state index in [1.165, 1.54) is 23.1 Å².